The second-order valence-corrected chi connectivity index (χ2v) is 4.11. The summed E-state index contributed by atoms with van der Waals surface area (Å²) in [6, 6.07) is 3.95. The molecule has 0 spiro atoms. The smallest absolute Gasteiger partial charge is 0.123 e. The Morgan fingerprint density at radius 1 is 1.40 bits per heavy atom. The second-order valence-electron chi connectivity index (χ2n) is 3.26. The maximum absolute atomic E-state index is 12.9. The number of hydrogen-bond donors (Lipinski definition) is 3. The molecular formula is C10H13BrFNO2. The molecule has 0 saturated carbocycles. The molecule has 84 valence electrons. The molecule has 1 rings (SSSR count). The highest BCUT2D eigenvalue weighted by Crippen LogP contribution is 2.27. The van der Waals surface area contributed by atoms with E-state index in [-0.39, 0.29) is 13.0 Å². The maximum Gasteiger partial charge on any atom is 0.123 e. The van der Waals surface area contributed by atoms with Gasteiger partial charge in [0.25, 0.3) is 0 Å². The van der Waals surface area contributed by atoms with Crippen molar-refractivity contribution >= 4 is 15.9 Å². The molecule has 3 nitrogen and oxygen atoms in total. The minimum absolute atomic E-state index is 0.268. The molecule has 1 aromatic rings. The molecule has 0 saturated heterocycles. The molecule has 2 atom stereocenters. The molecule has 0 amide bonds. The molecule has 0 fully saturated rings. The third kappa shape index (κ3) is 3.24. The van der Waals surface area contributed by atoms with E-state index >= 15 is 0 Å². The highest BCUT2D eigenvalue weighted by Gasteiger charge is 2.20. The molecular weight excluding hydrogens is 265 g/mol. The first-order valence-corrected chi connectivity index (χ1v) is 5.36. The molecule has 0 radical (unpaired) electrons. The van der Waals surface area contributed by atoms with E-state index in [2.05, 4.69) is 15.9 Å². The van der Waals surface area contributed by atoms with Gasteiger partial charge < -0.3 is 15.9 Å². The average molecular weight is 278 g/mol. The van der Waals surface area contributed by atoms with Gasteiger partial charge in [0.1, 0.15) is 11.9 Å². The van der Waals surface area contributed by atoms with Gasteiger partial charge >= 0.3 is 0 Å². The van der Waals surface area contributed by atoms with Crippen LogP contribution < -0.4 is 5.73 Å². The molecule has 0 heterocycles. The third-order valence-electron chi connectivity index (χ3n) is 2.10. The number of aliphatic hydroxyl groups excluding tert-OH is 2. The lowest BCUT2D eigenvalue weighted by Gasteiger charge is -2.18. The number of rotatable bonds is 4. The lowest BCUT2D eigenvalue weighted by atomic mass is 10.0. The highest BCUT2D eigenvalue weighted by molar-refractivity contribution is 9.10. The summed E-state index contributed by atoms with van der Waals surface area (Å²) in [5.74, 6) is -0.452. The fraction of sp³-hybridized carbons (Fsp3) is 0.400. The van der Waals surface area contributed by atoms with Crippen molar-refractivity contribution in [2.75, 3.05) is 6.54 Å². The van der Waals surface area contributed by atoms with Crippen LogP contribution in [0.25, 0.3) is 0 Å². The third-order valence-corrected chi connectivity index (χ3v) is 2.83. The molecule has 0 aliphatic carbocycles. The Morgan fingerprint density at radius 2 is 2.07 bits per heavy atom. The topological polar surface area (TPSA) is 66.5 Å². The summed E-state index contributed by atoms with van der Waals surface area (Å²) in [5.41, 5.74) is 5.59. The first-order chi connectivity index (χ1) is 7.06. The van der Waals surface area contributed by atoms with E-state index in [1.165, 1.54) is 18.2 Å². The Kier molecular flexibility index (Phi) is 4.66. The normalized spacial score (nSPS) is 15.0. The largest absolute Gasteiger partial charge is 0.390 e. The lowest BCUT2D eigenvalue weighted by molar-refractivity contribution is 0.0144. The molecule has 1 aromatic carbocycles. The van der Waals surface area contributed by atoms with Gasteiger partial charge in [0.05, 0.1) is 6.10 Å². The van der Waals surface area contributed by atoms with Crippen molar-refractivity contribution in [3.8, 4) is 0 Å². The van der Waals surface area contributed by atoms with Crippen LogP contribution in [0.5, 0.6) is 0 Å². The standard InChI is InChI=1S/C10H13BrFNO2/c11-8-2-1-6(12)5-7(8)10(15)9(14)3-4-13/h1-2,5,9-10,14-15H,3-4,13H2. The number of aliphatic hydroxyl groups is 2. The van der Waals surface area contributed by atoms with Crippen molar-refractivity contribution < 1.29 is 14.6 Å². The van der Waals surface area contributed by atoms with Crippen molar-refractivity contribution in [2.24, 2.45) is 5.73 Å². The Balaban J connectivity index is 2.89. The fourth-order valence-corrected chi connectivity index (χ4v) is 1.76. The van der Waals surface area contributed by atoms with Gasteiger partial charge in [-0.2, -0.15) is 0 Å². The van der Waals surface area contributed by atoms with Crippen molar-refractivity contribution in [1.29, 1.82) is 0 Å². The van der Waals surface area contributed by atoms with E-state index in [1.54, 1.807) is 0 Å². The zero-order chi connectivity index (χ0) is 11.4. The predicted octanol–water partition coefficient (Wildman–Crippen LogP) is 1.33. The summed E-state index contributed by atoms with van der Waals surface area (Å²) in [5, 5.41) is 19.2. The van der Waals surface area contributed by atoms with Crippen LogP contribution in [-0.4, -0.2) is 22.9 Å². The van der Waals surface area contributed by atoms with Crippen molar-refractivity contribution in [3.63, 3.8) is 0 Å². The van der Waals surface area contributed by atoms with E-state index in [9.17, 15) is 14.6 Å². The zero-order valence-corrected chi connectivity index (χ0v) is 9.61. The summed E-state index contributed by atoms with van der Waals surface area (Å²) < 4.78 is 13.5. The first-order valence-electron chi connectivity index (χ1n) is 4.57. The molecule has 0 aliphatic heterocycles. The number of benzene rings is 1. The number of nitrogens with two attached hydrogens (primary N) is 1. The van der Waals surface area contributed by atoms with E-state index in [0.29, 0.717) is 10.0 Å². The summed E-state index contributed by atoms with van der Waals surface area (Å²) in [4.78, 5) is 0. The van der Waals surface area contributed by atoms with Crippen LogP contribution in [0.4, 0.5) is 4.39 Å². The van der Waals surface area contributed by atoms with Gasteiger partial charge in [0, 0.05) is 10.0 Å². The quantitative estimate of drug-likeness (QED) is 0.778. The van der Waals surface area contributed by atoms with Crippen LogP contribution in [0.1, 0.15) is 18.1 Å². The van der Waals surface area contributed by atoms with Gasteiger partial charge in [-0.1, -0.05) is 15.9 Å². The van der Waals surface area contributed by atoms with Crippen LogP contribution in [0.3, 0.4) is 0 Å². The fourth-order valence-electron chi connectivity index (χ4n) is 1.28. The first kappa shape index (κ1) is 12.6. The van der Waals surface area contributed by atoms with Crippen molar-refractivity contribution in [2.45, 2.75) is 18.6 Å². The lowest BCUT2D eigenvalue weighted by Crippen LogP contribution is -2.22. The molecule has 4 N–H and O–H groups in total. The molecule has 0 bridgehead atoms. The monoisotopic (exact) mass is 277 g/mol. The van der Waals surface area contributed by atoms with Gasteiger partial charge in [-0.05, 0) is 31.2 Å². The van der Waals surface area contributed by atoms with Crippen molar-refractivity contribution in [1.82, 2.24) is 0 Å². The second kappa shape index (κ2) is 5.55. The molecule has 0 aromatic heterocycles. The summed E-state index contributed by atoms with van der Waals surface area (Å²) in [6.45, 7) is 0.269. The van der Waals surface area contributed by atoms with E-state index in [1.807, 2.05) is 0 Å². The van der Waals surface area contributed by atoms with Gasteiger partial charge in [0.2, 0.25) is 0 Å². The Hall–Kier alpha value is -0.490. The molecule has 2 unspecified atom stereocenters. The summed E-state index contributed by atoms with van der Waals surface area (Å²) >= 11 is 3.18. The molecule has 5 heteroatoms. The van der Waals surface area contributed by atoms with Gasteiger partial charge in [-0.25, -0.2) is 4.39 Å². The zero-order valence-electron chi connectivity index (χ0n) is 8.03. The van der Waals surface area contributed by atoms with Gasteiger partial charge in [-0.15, -0.1) is 0 Å². The highest BCUT2D eigenvalue weighted by atomic mass is 79.9. The van der Waals surface area contributed by atoms with Gasteiger partial charge in [0.15, 0.2) is 0 Å². The predicted molar refractivity (Wildman–Crippen MR) is 58.7 cm³/mol. The summed E-state index contributed by atoms with van der Waals surface area (Å²) in [6.07, 6.45) is -1.84. The van der Waals surface area contributed by atoms with Crippen LogP contribution in [0.2, 0.25) is 0 Å². The van der Waals surface area contributed by atoms with Crippen LogP contribution in [0.15, 0.2) is 22.7 Å². The maximum atomic E-state index is 12.9. The minimum Gasteiger partial charge on any atom is -0.390 e. The summed E-state index contributed by atoms with van der Waals surface area (Å²) in [7, 11) is 0. The Bertz CT molecular complexity index is 335. The Labute approximate surface area is 95.9 Å². The molecule has 15 heavy (non-hydrogen) atoms. The van der Waals surface area contributed by atoms with Crippen LogP contribution in [0, 0.1) is 5.82 Å². The average Bonchev–Trinajstić information content (AvgIpc) is 2.21. The minimum atomic E-state index is -1.13. The number of hydrogen-bond acceptors (Lipinski definition) is 3. The van der Waals surface area contributed by atoms with Gasteiger partial charge in [-0.3, -0.25) is 0 Å². The van der Waals surface area contributed by atoms with E-state index in [4.69, 9.17) is 5.73 Å². The van der Waals surface area contributed by atoms with Crippen molar-refractivity contribution in [3.05, 3.63) is 34.1 Å². The van der Waals surface area contributed by atoms with E-state index in [0.717, 1.165) is 0 Å². The SMILES string of the molecule is NCCC(O)C(O)c1cc(F)ccc1Br. The van der Waals surface area contributed by atoms with Crippen LogP contribution >= 0.6 is 15.9 Å². The molecule has 0 aliphatic rings. The number of halogens is 2. The Morgan fingerprint density at radius 3 is 2.67 bits per heavy atom. The van der Waals surface area contributed by atoms with E-state index < -0.39 is 18.0 Å². The van der Waals surface area contributed by atoms with Crippen LogP contribution in [-0.2, 0) is 0 Å².